The van der Waals surface area contributed by atoms with E-state index in [-0.39, 0.29) is 26.2 Å². The fraction of sp³-hybridized carbons (Fsp3) is 0.889. The van der Waals surface area contributed by atoms with E-state index in [2.05, 4.69) is 6.92 Å². The van der Waals surface area contributed by atoms with Gasteiger partial charge >= 0.3 is 0 Å². The van der Waals surface area contributed by atoms with Gasteiger partial charge in [-0.25, -0.2) is 0 Å². The van der Waals surface area contributed by atoms with Crippen LogP contribution in [-0.2, 0) is 35.7 Å². The Kier molecular flexibility index (Phi) is 27.8. The minimum atomic E-state index is 0. The molecular formula is C9H21O4Zr-. The van der Waals surface area contributed by atoms with Gasteiger partial charge in [0.25, 0.3) is 0 Å². The van der Waals surface area contributed by atoms with E-state index < -0.39 is 0 Å². The molecule has 0 spiro atoms. The van der Waals surface area contributed by atoms with Gasteiger partial charge in [0.05, 0.1) is 13.2 Å². The predicted molar refractivity (Wildman–Crippen MR) is 51.4 cm³/mol. The average molecular weight is 284 g/mol. The minimum absolute atomic E-state index is 0. The Morgan fingerprint density at radius 2 is 1.86 bits per heavy atom. The first-order chi connectivity index (χ1) is 6.43. The van der Waals surface area contributed by atoms with Crippen molar-refractivity contribution in [3.63, 3.8) is 0 Å². The molecule has 1 heterocycles. The third-order valence-electron chi connectivity index (χ3n) is 1.24. The molecule has 1 fully saturated rings. The molecular weight excluding hydrogens is 263 g/mol. The number of ether oxygens (including phenoxy) is 2. The van der Waals surface area contributed by atoms with E-state index in [1.54, 1.807) is 0 Å². The van der Waals surface area contributed by atoms with Gasteiger partial charge in [0.15, 0.2) is 0 Å². The molecule has 0 radical (unpaired) electrons. The van der Waals surface area contributed by atoms with E-state index in [0.717, 1.165) is 46.9 Å². The van der Waals surface area contributed by atoms with Crippen LogP contribution in [0.3, 0.4) is 0 Å². The smallest absolute Gasteiger partial charge is 0.104 e. The molecule has 2 N–H and O–H groups in total. The first-order valence-corrected chi connectivity index (χ1v) is 4.31. The van der Waals surface area contributed by atoms with Crippen LogP contribution in [0.4, 0.5) is 0 Å². The topological polar surface area (TPSA) is 62.2 Å². The molecule has 5 heteroatoms. The van der Waals surface area contributed by atoms with Crippen LogP contribution in [0.15, 0.2) is 0 Å². The summed E-state index contributed by atoms with van der Waals surface area (Å²) in [5.74, 6) is 0. The number of aliphatic hydroxyl groups excluding tert-OH is 2. The Bertz CT molecular complexity index is 79.2. The molecule has 1 aliphatic heterocycles. The van der Waals surface area contributed by atoms with Crippen LogP contribution in [0.25, 0.3) is 0 Å². The maximum absolute atomic E-state index is 7.00. The third kappa shape index (κ3) is 18.5. The fourth-order valence-corrected chi connectivity index (χ4v) is 0.583. The average Bonchev–Trinajstić information content (AvgIpc) is 3.03. The van der Waals surface area contributed by atoms with Gasteiger partial charge in [-0.15, -0.1) is 0 Å². The summed E-state index contributed by atoms with van der Waals surface area (Å²) in [5.41, 5.74) is 0. The Hall–Kier alpha value is 0.723. The Morgan fingerprint density at radius 3 is 2.21 bits per heavy atom. The zero-order chi connectivity index (χ0) is 10.5. The third-order valence-corrected chi connectivity index (χ3v) is 1.24. The van der Waals surface area contributed by atoms with Crippen LogP contribution >= 0.6 is 0 Å². The largest absolute Gasteiger partial charge is 0.400 e. The van der Waals surface area contributed by atoms with Crippen LogP contribution in [0.1, 0.15) is 12.8 Å². The second-order valence-corrected chi connectivity index (χ2v) is 2.24. The summed E-state index contributed by atoms with van der Waals surface area (Å²) in [4.78, 5) is 0. The molecule has 0 aromatic carbocycles. The van der Waals surface area contributed by atoms with E-state index in [9.17, 15) is 0 Å². The standard InChI is InChI=1S/C7H13O2.2CH4O.Zr/c1-2-3-4-8-5-7-6-9-7;2*1-2;/h7H,1-6H2;2*2H,1H3;/q-1;;;. The summed E-state index contributed by atoms with van der Waals surface area (Å²) in [6, 6.07) is 0. The van der Waals surface area contributed by atoms with E-state index in [4.69, 9.17) is 19.7 Å². The molecule has 1 unspecified atom stereocenters. The maximum atomic E-state index is 7.00. The molecule has 0 saturated carbocycles. The quantitative estimate of drug-likeness (QED) is 0.431. The van der Waals surface area contributed by atoms with Crippen molar-refractivity contribution in [2.45, 2.75) is 18.9 Å². The fourth-order valence-electron chi connectivity index (χ4n) is 0.583. The van der Waals surface area contributed by atoms with Gasteiger partial charge in [-0.3, -0.25) is 0 Å². The van der Waals surface area contributed by atoms with Crippen LogP contribution in [0, 0.1) is 6.92 Å². The summed E-state index contributed by atoms with van der Waals surface area (Å²) >= 11 is 0. The van der Waals surface area contributed by atoms with Crippen molar-refractivity contribution in [1.82, 2.24) is 0 Å². The monoisotopic (exact) mass is 283 g/mol. The molecule has 1 aliphatic rings. The van der Waals surface area contributed by atoms with Crippen LogP contribution < -0.4 is 0 Å². The molecule has 14 heavy (non-hydrogen) atoms. The van der Waals surface area contributed by atoms with Crippen LogP contribution in [0.2, 0.25) is 0 Å². The van der Waals surface area contributed by atoms with Gasteiger partial charge in [0, 0.05) is 47.0 Å². The summed E-state index contributed by atoms with van der Waals surface area (Å²) < 4.78 is 10.2. The van der Waals surface area contributed by atoms with Crippen molar-refractivity contribution in [2.24, 2.45) is 0 Å². The number of rotatable bonds is 5. The first kappa shape index (κ1) is 20.2. The van der Waals surface area contributed by atoms with Gasteiger partial charge in [0.1, 0.15) is 6.10 Å². The molecule has 4 nitrogen and oxygen atoms in total. The number of epoxide rings is 1. The molecule has 1 atom stereocenters. The number of hydrogen-bond donors (Lipinski definition) is 2. The molecule has 0 aromatic rings. The van der Waals surface area contributed by atoms with Crippen molar-refractivity contribution in [2.75, 3.05) is 34.0 Å². The van der Waals surface area contributed by atoms with Crippen LogP contribution in [-0.4, -0.2) is 50.4 Å². The number of aliphatic hydroxyl groups is 2. The van der Waals surface area contributed by atoms with Crippen molar-refractivity contribution < 1.29 is 45.9 Å². The number of hydrogen-bond acceptors (Lipinski definition) is 4. The van der Waals surface area contributed by atoms with Crippen molar-refractivity contribution >= 4 is 0 Å². The van der Waals surface area contributed by atoms with Gasteiger partial charge in [-0.1, -0.05) is 6.42 Å². The number of unbranched alkanes of at least 4 members (excludes halogenated alkanes) is 1. The Balaban J connectivity index is -0.000000216. The molecule has 1 rings (SSSR count). The van der Waals surface area contributed by atoms with Crippen LogP contribution in [0.5, 0.6) is 0 Å². The predicted octanol–water partition coefficient (Wildman–Crippen LogP) is 0.231. The molecule has 0 aromatic heterocycles. The Morgan fingerprint density at radius 1 is 1.36 bits per heavy atom. The van der Waals surface area contributed by atoms with E-state index in [1.807, 2.05) is 0 Å². The Labute approximate surface area is 106 Å². The summed E-state index contributed by atoms with van der Waals surface area (Å²) in [7, 11) is 2.00. The van der Waals surface area contributed by atoms with Gasteiger partial charge in [-0.05, 0) is 0 Å². The summed E-state index contributed by atoms with van der Waals surface area (Å²) in [6.45, 7) is 6.21. The normalized spacial score (nSPS) is 16.5. The molecule has 0 aliphatic carbocycles. The zero-order valence-corrected chi connectivity index (χ0v) is 11.5. The molecule has 0 amide bonds. The van der Waals surface area contributed by atoms with E-state index >= 15 is 0 Å². The van der Waals surface area contributed by atoms with Crippen molar-refractivity contribution in [3.8, 4) is 0 Å². The van der Waals surface area contributed by atoms with Crippen molar-refractivity contribution in [3.05, 3.63) is 6.92 Å². The van der Waals surface area contributed by atoms with E-state index in [0.29, 0.717) is 6.10 Å². The molecule has 86 valence electrons. The van der Waals surface area contributed by atoms with Crippen molar-refractivity contribution in [1.29, 1.82) is 0 Å². The maximum Gasteiger partial charge on any atom is 0.104 e. The first-order valence-electron chi connectivity index (χ1n) is 4.31. The van der Waals surface area contributed by atoms with Gasteiger partial charge in [0.2, 0.25) is 0 Å². The van der Waals surface area contributed by atoms with Gasteiger partial charge in [-0.2, -0.15) is 6.42 Å². The SMILES string of the molecule is CO.CO.[CH2-]CCCOCC1CO1.[Zr]. The minimum Gasteiger partial charge on any atom is -0.400 e. The molecule has 1 saturated heterocycles. The van der Waals surface area contributed by atoms with E-state index in [1.165, 1.54) is 0 Å². The summed E-state index contributed by atoms with van der Waals surface area (Å²) in [6.07, 6.45) is 2.44. The zero-order valence-electron chi connectivity index (χ0n) is 9.03. The molecule has 0 bridgehead atoms. The second kappa shape index (κ2) is 19.3. The second-order valence-electron chi connectivity index (χ2n) is 2.24. The van der Waals surface area contributed by atoms with Gasteiger partial charge < -0.3 is 26.6 Å². The summed E-state index contributed by atoms with van der Waals surface area (Å²) in [5, 5.41) is 14.0.